The summed E-state index contributed by atoms with van der Waals surface area (Å²) < 4.78 is 0. The van der Waals surface area contributed by atoms with E-state index >= 15 is 0 Å². The number of aliphatic carboxylic acids is 1. The minimum absolute atomic E-state index is 0.315. The Labute approximate surface area is 116 Å². The van der Waals surface area contributed by atoms with Crippen LogP contribution in [-0.2, 0) is 4.79 Å². The number of rotatable bonds is 5. The summed E-state index contributed by atoms with van der Waals surface area (Å²) in [5.74, 6) is -1.03. The lowest BCUT2D eigenvalue weighted by atomic mass is 9.97. The third-order valence-corrected chi connectivity index (χ3v) is 4.04. The molecule has 1 unspecified atom stereocenters. The Morgan fingerprint density at radius 1 is 1.21 bits per heavy atom. The molecule has 0 aromatic heterocycles. The van der Waals surface area contributed by atoms with Crippen LogP contribution in [-0.4, -0.2) is 24.7 Å². The number of hydrogen-bond acceptors (Lipinski definition) is 2. The van der Waals surface area contributed by atoms with Crippen LogP contribution in [0.5, 0.6) is 0 Å². The Bertz CT molecular complexity index is 454. The van der Waals surface area contributed by atoms with E-state index in [9.17, 15) is 9.90 Å². The quantitative estimate of drug-likeness (QED) is 0.884. The van der Waals surface area contributed by atoms with E-state index in [-0.39, 0.29) is 5.92 Å². The summed E-state index contributed by atoms with van der Waals surface area (Å²) in [6.07, 6.45) is 0.655. The van der Waals surface area contributed by atoms with Crippen LogP contribution in [0.25, 0.3) is 0 Å². The number of carbonyl (C=O) groups is 1. The average Bonchev–Trinajstić information content (AvgIpc) is 2.33. The monoisotopic (exact) mass is 263 g/mol. The molecule has 19 heavy (non-hydrogen) atoms. The van der Waals surface area contributed by atoms with Gasteiger partial charge in [0.2, 0.25) is 0 Å². The number of anilines is 1. The third-order valence-electron chi connectivity index (χ3n) is 4.04. The molecule has 0 saturated heterocycles. The number of carboxylic acid groups (broad SMARTS) is 1. The second-order valence-electron chi connectivity index (χ2n) is 5.43. The van der Waals surface area contributed by atoms with Gasteiger partial charge in [0, 0.05) is 19.3 Å². The maximum Gasteiger partial charge on any atom is 0.308 e. The molecule has 0 fully saturated rings. The van der Waals surface area contributed by atoms with Gasteiger partial charge in [0.15, 0.2) is 0 Å². The highest BCUT2D eigenvalue weighted by Gasteiger charge is 2.20. The highest BCUT2D eigenvalue weighted by Crippen LogP contribution is 2.30. The maximum atomic E-state index is 11.2. The van der Waals surface area contributed by atoms with Crippen molar-refractivity contribution in [3.63, 3.8) is 0 Å². The van der Waals surface area contributed by atoms with Gasteiger partial charge in [0.05, 0.1) is 5.92 Å². The molecule has 0 aliphatic rings. The van der Waals surface area contributed by atoms with Crippen molar-refractivity contribution in [1.29, 1.82) is 0 Å². The molecular weight excluding hydrogens is 238 g/mol. The van der Waals surface area contributed by atoms with Gasteiger partial charge in [-0.1, -0.05) is 13.0 Å². The van der Waals surface area contributed by atoms with E-state index in [0.29, 0.717) is 13.0 Å². The van der Waals surface area contributed by atoms with Crippen LogP contribution in [0.4, 0.5) is 5.69 Å². The minimum atomic E-state index is -0.714. The largest absolute Gasteiger partial charge is 0.481 e. The zero-order valence-electron chi connectivity index (χ0n) is 12.9. The van der Waals surface area contributed by atoms with Crippen molar-refractivity contribution in [1.82, 2.24) is 0 Å². The molecule has 1 aromatic carbocycles. The van der Waals surface area contributed by atoms with E-state index in [1.807, 2.05) is 14.0 Å². The molecule has 1 rings (SSSR count). The molecule has 1 atom stereocenters. The first-order valence-corrected chi connectivity index (χ1v) is 6.80. The highest BCUT2D eigenvalue weighted by atomic mass is 16.4. The second kappa shape index (κ2) is 6.09. The Balaban J connectivity index is 3.12. The molecule has 3 heteroatoms. The molecule has 0 aliphatic carbocycles. The summed E-state index contributed by atoms with van der Waals surface area (Å²) in [7, 11) is 1.99. The van der Waals surface area contributed by atoms with Crippen LogP contribution >= 0.6 is 0 Å². The molecule has 0 aliphatic heterocycles. The van der Waals surface area contributed by atoms with Crippen LogP contribution < -0.4 is 4.90 Å². The topological polar surface area (TPSA) is 40.5 Å². The van der Waals surface area contributed by atoms with E-state index in [1.54, 1.807) is 0 Å². The van der Waals surface area contributed by atoms with Gasteiger partial charge in [-0.2, -0.15) is 0 Å². The number of benzene rings is 1. The van der Waals surface area contributed by atoms with Gasteiger partial charge >= 0.3 is 5.97 Å². The summed E-state index contributed by atoms with van der Waals surface area (Å²) in [5, 5.41) is 9.19. The number of aryl methyl sites for hydroxylation is 2. The first kappa shape index (κ1) is 15.5. The fourth-order valence-electron chi connectivity index (χ4n) is 2.57. The van der Waals surface area contributed by atoms with Crippen LogP contribution in [0, 0.1) is 33.6 Å². The van der Waals surface area contributed by atoms with Gasteiger partial charge in [-0.15, -0.1) is 0 Å². The molecule has 0 spiro atoms. The Morgan fingerprint density at radius 2 is 1.68 bits per heavy atom. The normalized spacial score (nSPS) is 12.3. The van der Waals surface area contributed by atoms with E-state index in [1.165, 1.54) is 27.9 Å². The first-order valence-electron chi connectivity index (χ1n) is 6.80. The molecule has 0 heterocycles. The lowest BCUT2D eigenvalue weighted by Gasteiger charge is -2.28. The van der Waals surface area contributed by atoms with Crippen LogP contribution in [0.15, 0.2) is 6.07 Å². The summed E-state index contributed by atoms with van der Waals surface area (Å²) in [6, 6.07) is 2.19. The van der Waals surface area contributed by atoms with Crippen molar-refractivity contribution in [3.05, 3.63) is 28.3 Å². The average molecular weight is 263 g/mol. The highest BCUT2D eigenvalue weighted by molar-refractivity contribution is 5.71. The van der Waals surface area contributed by atoms with Gasteiger partial charge < -0.3 is 10.0 Å². The minimum Gasteiger partial charge on any atom is -0.481 e. The lowest BCUT2D eigenvalue weighted by Crippen LogP contribution is -2.31. The van der Waals surface area contributed by atoms with E-state index in [4.69, 9.17) is 0 Å². The van der Waals surface area contributed by atoms with Crippen molar-refractivity contribution >= 4 is 11.7 Å². The van der Waals surface area contributed by atoms with Crippen LogP contribution in [0.3, 0.4) is 0 Å². The standard InChI is InChI=1S/C16H25NO2/c1-7-14(16(18)19)9-17(6)15-12(4)10(2)8-11(3)13(15)5/h8,14H,7,9H2,1-6H3,(H,18,19). The number of carboxylic acids is 1. The van der Waals surface area contributed by atoms with Gasteiger partial charge in [-0.25, -0.2) is 0 Å². The summed E-state index contributed by atoms with van der Waals surface area (Å²) >= 11 is 0. The summed E-state index contributed by atoms with van der Waals surface area (Å²) in [5.41, 5.74) is 6.18. The van der Waals surface area contributed by atoms with Gasteiger partial charge in [-0.05, 0) is 56.4 Å². The summed E-state index contributed by atoms with van der Waals surface area (Å²) in [4.78, 5) is 13.3. The Morgan fingerprint density at radius 3 is 2.05 bits per heavy atom. The molecule has 0 amide bonds. The fraction of sp³-hybridized carbons (Fsp3) is 0.562. The lowest BCUT2D eigenvalue weighted by molar-refractivity contribution is -0.141. The molecule has 1 N–H and O–H groups in total. The second-order valence-corrected chi connectivity index (χ2v) is 5.43. The smallest absolute Gasteiger partial charge is 0.308 e. The van der Waals surface area contributed by atoms with E-state index in [0.717, 1.165) is 0 Å². The maximum absolute atomic E-state index is 11.2. The van der Waals surface area contributed by atoms with Gasteiger partial charge in [0.25, 0.3) is 0 Å². The van der Waals surface area contributed by atoms with Crippen LogP contribution in [0.2, 0.25) is 0 Å². The third kappa shape index (κ3) is 3.28. The molecule has 3 nitrogen and oxygen atoms in total. The number of hydrogen-bond donors (Lipinski definition) is 1. The van der Waals surface area contributed by atoms with E-state index in [2.05, 4.69) is 38.7 Å². The van der Waals surface area contributed by atoms with E-state index < -0.39 is 5.97 Å². The summed E-state index contributed by atoms with van der Waals surface area (Å²) in [6.45, 7) is 10.9. The Kier molecular flexibility index (Phi) is 4.98. The van der Waals surface area contributed by atoms with Crippen molar-refractivity contribution in [2.45, 2.75) is 41.0 Å². The SMILES string of the molecule is CCC(CN(C)c1c(C)c(C)cc(C)c1C)C(=O)O. The molecule has 106 valence electrons. The zero-order valence-corrected chi connectivity index (χ0v) is 12.9. The number of nitrogens with zero attached hydrogens (tertiary/aromatic N) is 1. The van der Waals surface area contributed by atoms with Gasteiger partial charge in [-0.3, -0.25) is 4.79 Å². The molecular formula is C16H25NO2. The van der Waals surface area contributed by atoms with Crippen molar-refractivity contribution in [2.24, 2.45) is 5.92 Å². The van der Waals surface area contributed by atoms with Crippen molar-refractivity contribution in [3.8, 4) is 0 Å². The molecule has 0 radical (unpaired) electrons. The molecule has 0 saturated carbocycles. The predicted molar refractivity (Wildman–Crippen MR) is 80.1 cm³/mol. The predicted octanol–water partition coefficient (Wildman–Crippen LogP) is 3.47. The van der Waals surface area contributed by atoms with Crippen molar-refractivity contribution in [2.75, 3.05) is 18.5 Å². The van der Waals surface area contributed by atoms with Crippen LogP contribution in [0.1, 0.15) is 35.6 Å². The molecule has 0 bridgehead atoms. The Hall–Kier alpha value is -1.51. The fourth-order valence-corrected chi connectivity index (χ4v) is 2.57. The van der Waals surface area contributed by atoms with Gasteiger partial charge in [0.1, 0.15) is 0 Å². The molecule has 1 aromatic rings. The zero-order chi connectivity index (χ0) is 14.7. The first-order chi connectivity index (χ1) is 8.79. The van der Waals surface area contributed by atoms with Crippen molar-refractivity contribution < 1.29 is 9.90 Å².